The number of aromatic nitrogens is 1. The minimum absolute atomic E-state index is 0.134. The van der Waals surface area contributed by atoms with Crippen LogP contribution in [0.4, 0.5) is 17.2 Å². The molecule has 4 N–H and O–H groups in total. The molecule has 5 heteroatoms. The average Bonchev–Trinajstić information content (AvgIpc) is 2.47. The lowest BCUT2D eigenvalue weighted by atomic mass is 10.1. The first-order valence-corrected chi connectivity index (χ1v) is 6.70. The highest BCUT2D eigenvalue weighted by molar-refractivity contribution is 5.74. The summed E-state index contributed by atoms with van der Waals surface area (Å²) < 4.78 is 0. The van der Waals surface area contributed by atoms with Gasteiger partial charge in [-0.3, -0.25) is 0 Å². The molecule has 5 nitrogen and oxygen atoms in total. The summed E-state index contributed by atoms with van der Waals surface area (Å²) in [5.41, 5.74) is 10.4. The Labute approximate surface area is 124 Å². The molecule has 0 unspecified atom stereocenters. The Hall–Kier alpha value is -2.58. The molecule has 21 heavy (non-hydrogen) atoms. The van der Waals surface area contributed by atoms with E-state index in [-0.39, 0.29) is 6.61 Å². The molecule has 0 saturated heterocycles. The van der Waals surface area contributed by atoms with Crippen molar-refractivity contribution in [1.82, 2.24) is 4.98 Å². The molecule has 0 saturated carbocycles. The fourth-order valence-corrected chi connectivity index (χ4v) is 2.15. The molecule has 0 bridgehead atoms. The number of nitriles is 1. The number of nitrogen functional groups attached to an aromatic ring is 1. The zero-order chi connectivity index (χ0) is 15.4. The topological polar surface area (TPSA) is 95.0 Å². The molecule has 2 aromatic rings. The standard InChI is InChI=1S/C16H18N4O/c1-10-14(9-17)11(2)19-16(15(10)18)20-13-5-3-12(4-6-13)7-8-21/h3-6,21H,7-8,18H2,1-2H3,(H,19,20). The van der Waals surface area contributed by atoms with Crippen molar-refractivity contribution in [2.75, 3.05) is 17.7 Å². The van der Waals surface area contributed by atoms with Crippen molar-refractivity contribution in [1.29, 1.82) is 5.26 Å². The second-order valence-electron chi connectivity index (χ2n) is 4.87. The molecule has 108 valence electrons. The maximum atomic E-state index is 9.10. The van der Waals surface area contributed by atoms with Crippen molar-refractivity contribution >= 4 is 17.2 Å². The number of hydrogen-bond donors (Lipinski definition) is 3. The first kappa shape index (κ1) is 14.8. The number of rotatable bonds is 4. The molecule has 1 aromatic heterocycles. The predicted molar refractivity (Wildman–Crippen MR) is 83.4 cm³/mol. The normalized spacial score (nSPS) is 10.2. The van der Waals surface area contributed by atoms with Crippen LogP contribution < -0.4 is 11.1 Å². The highest BCUT2D eigenvalue weighted by Gasteiger charge is 2.12. The Kier molecular flexibility index (Phi) is 4.41. The van der Waals surface area contributed by atoms with E-state index in [9.17, 15) is 0 Å². The summed E-state index contributed by atoms with van der Waals surface area (Å²) in [5, 5.41) is 21.2. The number of nitrogens with zero attached hydrogens (tertiary/aromatic N) is 2. The van der Waals surface area contributed by atoms with Crippen molar-refractivity contribution in [3.8, 4) is 6.07 Å². The van der Waals surface area contributed by atoms with Gasteiger partial charge >= 0.3 is 0 Å². The van der Waals surface area contributed by atoms with E-state index in [2.05, 4.69) is 16.4 Å². The molecule has 0 aliphatic carbocycles. The molecule has 0 radical (unpaired) electrons. The van der Waals surface area contributed by atoms with Gasteiger partial charge in [-0.1, -0.05) is 12.1 Å². The smallest absolute Gasteiger partial charge is 0.154 e. The van der Waals surface area contributed by atoms with E-state index >= 15 is 0 Å². The number of benzene rings is 1. The lowest BCUT2D eigenvalue weighted by Crippen LogP contribution is -2.05. The van der Waals surface area contributed by atoms with E-state index in [0.717, 1.165) is 16.8 Å². The molecule has 1 heterocycles. The van der Waals surface area contributed by atoms with Crippen molar-refractivity contribution in [2.24, 2.45) is 0 Å². The first-order valence-electron chi connectivity index (χ1n) is 6.70. The summed E-state index contributed by atoms with van der Waals surface area (Å²) in [5.74, 6) is 0.555. The van der Waals surface area contributed by atoms with Crippen LogP contribution in [-0.4, -0.2) is 16.7 Å². The lowest BCUT2D eigenvalue weighted by molar-refractivity contribution is 0.299. The van der Waals surface area contributed by atoms with Crippen LogP contribution in [0.2, 0.25) is 0 Å². The molecular formula is C16H18N4O. The molecular weight excluding hydrogens is 264 g/mol. The fraction of sp³-hybridized carbons (Fsp3) is 0.250. The Balaban J connectivity index is 2.30. The van der Waals surface area contributed by atoms with Crippen LogP contribution in [0.15, 0.2) is 24.3 Å². The van der Waals surface area contributed by atoms with Gasteiger partial charge < -0.3 is 16.2 Å². The van der Waals surface area contributed by atoms with Crippen LogP contribution in [0.3, 0.4) is 0 Å². The van der Waals surface area contributed by atoms with Crippen molar-refractivity contribution in [2.45, 2.75) is 20.3 Å². The number of aliphatic hydroxyl groups excluding tert-OH is 1. The number of nitrogens with one attached hydrogen (secondary N) is 1. The zero-order valence-electron chi connectivity index (χ0n) is 12.1. The zero-order valence-corrected chi connectivity index (χ0v) is 12.1. The Morgan fingerprint density at radius 3 is 2.52 bits per heavy atom. The lowest BCUT2D eigenvalue weighted by Gasteiger charge is -2.13. The number of hydrogen-bond acceptors (Lipinski definition) is 5. The van der Waals surface area contributed by atoms with Gasteiger partial charge in [0, 0.05) is 12.3 Å². The van der Waals surface area contributed by atoms with Crippen LogP contribution in [0.1, 0.15) is 22.4 Å². The van der Waals surface area contributed by atoms with E-state index in [1.54, 1.807) is 6.92 Å². The minimum Gasteiger partial charge on any atom is -0.396 e. The molecule has 0 amide bonds. The number of nitrogens with two attached hydrogens (primary N) is 1. The molecule has 0 spiro atoms. The minimum atomic E-state index is 0.134. The van der Waals surface area contributed by atoms with E-state index in [1.165, 1.54) is 0 Å². The third kappa shape index (κ3) is 3.12. The number of pyridine rings is 1. The van der Waals surface area contributed by atoms with E-state index in [4.69, 9.17) is 16.1 Å². The molecule has 0 fully saturated rings. The van der Waals surface area contributed by atoms with Crippen LogP contribution in [0, 0.1) is 25.2 Å². The second kappa shape index (κ2) is 6.25. The van der Waals surface area contributed by atoms with Gasteiger partial charge in [-0.2, -0.15) is 5.26 Å². The van der Waals surface area contributed by atoms with E-state index in [0.29, 0.717) is 29.2 Å². The van der Waals surface area contributed by atoms with Crippen molar-refractivity contribution in [3.05, 3.63) is 46.6 Å². The SMILES string of the molecule is Cc1nc(Nc2ccc(CCO)cc2)c(N)c(C)c1C#N. The predicted octanol–water partition coefficient (Wildman–Crippen LogP) is 2.43. The summed E-state index contributed by atoms with van der Waals surface area (Å²) >= 11 is 0. The monoisotopic (exact) mass is 282 g/mol. The number of anilines is 3. The molecule has 1 aromatic carbocycles. The van der Waals surface area contributed by atoms with Crippen molar-refractivity contribution in [3.63, 3.8) is 0 Å². The van der Waals surface area contributed by atoms with Crippen molar-refractivity contribution < 1.29 is 5.11 Å². The van der Waals surface area contributed by atoms with Gasteiger partial charge in [-0.15, -0.1) is 0 Å². The average molecular weight is 282 g/mol. The summed E-state index contributed by atoms with van der Waals surface area (Å²) in [6, 6.07) is 9.83. The Morgan fingerprint density at radius 2 is 1.95 bits per heavy atom. The van der Waals surface area contributed by atoms with Crippen LogP contribution in [0.25, 0.3) is 0 Å². The molecule has 0 atom stereocenters. The van der Waals surface area contributed by atoms with Crippen LogP contribution in [-0.2, 0) is 6.42 Å². The molecule has 0 aliphatic heterocycles. The highest BCUT2D eigenvalue weighted by Crippen LogP contribution is 2.27. The van der Waals surface area contributed by atoms with Gasteiger partial charge in [0.1, 0.15) is 6.07 Å². The van der Waals surface area contributed by atoms with E-state index in [1.807, 2.05) is 31.2 Å². The second-order valence-corrected chi connectivity index (χ2v) is 4.87. The van der Waals surface area contributed by atoms with Crippen LogP contribution >= 0.6 is 0 Å². The molecule has 2 rings (SSSR count). The summed E-state index contributed by atoms with van der Waals surface area (Å²) in [6.07, 6.45) is 0.635. The van der Waals surface area contributed by atoms with Gasteiger partial charge in [0.15, 0.2) is 5.82 Å². The maximum Gasteiger partial charge on any atom is 0.154 e. The summed E-state index contributed by atoms with van der Waals surface area (Å²) in [6.45, 7) is 3.74. The van der Waals surface area contributed by atoms with E-state index < -0.39 is 0 Å². The number of aryl methyl sites for hydroxylation is 1. The number of aliphatic hydroxyl groups is 1. The summed E-state index contributed by atoms with van der Waals surface area (Å²) in [4.78, 5) is 4.36. The summed E-state index contributed by atoms with van der Waals surface area (Å²) in [7, 11) is 0. The van der Waals surface area contributed by atoms with Gasteiger partial charge in [0.2, 0.25) is 0 Å². The Bertz CT molecular complexity index is 687. The van der Waals surface area contributed by atoms with Gasteiger partial charge in [0.05, 0.1) is 16.9 Å². The first-order chi connectivity index (χ1) is 10.1. The van der Waals surface area contributed by atoms with Gasteiger partial charge in [0.25, 0.3) is 0 Å². The third-order valence-corrected chi connectivity index (χ3v) is 3.40. The molecule has 0 aliphatic rings. The van der Waals surface area contributed by atoms with Gasteiger partial charge in [-0.05, 0) is 43.5 Å². The van der Waals surface area contributed by atoms with Crippen LogP contribution in [0.5, 0.6) is 0 Å². The fourth-order valence-electron chi connectivity index (χ4n) is 2.15. The quantitative estimate of drug-likeness (QED) is 0.800. The largest absolute Gasteiger partial charge is 0.396 e. The highest BCUT2D eigenvalue weighted by atomic mass is 16.2. The third-order valence-electron chi connectivity index (χ3n) is 3.40. The maximum absolute atomic E-state index is 9.10. The Morgan fingerprint density at radius 1 is 1.29 bits per heavy atom. The van der Waals surface area contributed by atoms with Gasteiger partial charge in [-0.25, -0.2) is 4.98 Å².